The third-order valence-electron chi connectivity index (χ3n) is 1.40. The van der Waals surface area contributed by atoms with E-state index in [0.717, 1.165) is 0 Å². The van der Waals surface area contributed by atoms with E-state index in [1.54, 1.807) is 0 Å². The molecule has 1 aliphatic heterocycles. The van der Waals surface area contributed by atoms with Gasteiger partial charge in [-0.05, 0) is 6.92 Å². The first kappa shape index (κ1) is 8.93. The molecule has 0 amide bonds. The lowest BCUT2D eigenvalue weighted by atomic mass is 10.4. The third-order valence-corrected chi connectivity index (χ3v) is 1.40. The van der Waals surface area contributed by atoms with E-state index < -0.39 is 0 Å². The summed E-state index contributed by atoms with van der Waals surface area (Å²) in [5.41, 5.74) is 2.86. The molecule has 1 rings (SSSR count). The van der Waals surface area contributed by atoms with Crippen molar-refractivity contribution in [1.29, 1.82) is 0 Å². The van der Waals surface area contributed by atoms with E-state index in [1.165, 1.54) is 0 Å². The molecule has 0 saturated carbocycles. The molecule has 4 nitrogen and oxygen atoms in total. The van der Waals surface area contributed by atoms with Gasteiger partial charge in [-0.25, -0.2) is 0 Å². The number of ether oxygens (including phenoxy) is 2. The molecule has 11 heavy (non-hydrogen) atoms. The SMILES string of the molecule is CCONC1COCCOC1. The fourth-order valence-electron chi connectivity index (χ4n) is 0.886. The fraction of sp³-hybridized carbons (Fsp3) is 1.00. The van der Waals surface area contributed by atoms with E-state index in [4.69, 9.17) is 14.3 Å². The highest BCUT2D eigenvalue weighted by molar-refractivity contribution is 4.61. The summed E-state index contributed by atoms with van der Waals surface area (Å²) in [6, 6.07) is 0.178. The van der Waals surface area contributed by atoms with Gasteiger partial charge < -0.3 is 14.3 Å². The standard InChI is InChI=1S/C7H15NO3/c1-2-11-8-7-5-9-3-4-10-6-7/h7-8H,2-6H2,1H3. The molecule has 0 aromatic rings. The van der Waals surface area contributed by atoms with Crippen molar-refractivity contribution < 1.29 is 14.3 Å². The van der Waals surface area contributed by atoms with Gasteiger partial charge in [0.2, 0.25) is 0 Å². The quantitative estimate of drug-likeness (QED) is 0.589. The van der Waals surface area contributed by atoms with Crippen LogP contribution in [0, 0.1) is 0 Å². The van der Waals surface area contributed by atoms with Crippen LogP contribution in [0.25, 0.3) is 0 Å². The molecular formula is C7H15NO3. The molecule has 0 radical (unpaired) electrons. The van der Waals surface area contributed by atoms with Crippen molar-refractivity contribution in [2.45, 2.75) is 13.0 Å². The highest BCUT2D eigenvalue weighted by Crippen LogP contribution is 1.94. The topological polar surface area (TPSA) is 39.7 Å². The first-order chi connectivity index (χ1) is 5.43. The summed E-state index contributed by atoms with van der Waals surface area (Å²) < 4.78 is 10.5. The molecule has 0 atom stereocenters. The minimum absolute atomic E-state index is 0.178. The fourth-order valence-corrected chi connectivity index (χ4v) is 0.886. The van der Waals surface area contributed by atoms with E-state index in [9.17, 15) is 0 Å². The Balaban J connectivity index is 2.09. The summed E-state index contributed by atoms with van der Waals surface area (Å²) in [6.07, 6.45) is 0. The second-order valence-electron chi connectivity index (χ2n) is 2.40. The third kappa shape index (κ3) is 3.67. The highest BCUT2D eigenvalue weighted by Gasteiger charge is 2.11. The second kappa shape index (κ2) is 5.49. The predicted octanol–water partition coefficient (Wildman–Crippen LogP) is -0.0571. The van der Waals surface area contributed by atoms with Gasteiger partial charge in [0, 0.05) is 0 Å². The molecule has 1 N–H and O–H groups in total. The van der Waals surface area contributed by atoms with Crippen molar-refractivity contribution in [3.8, 4) is 0 Å². The Morgan fingerprint density at radius 1 is 1.36 bits per heavy atom. The molecule has 66 valence electrons. The van der Waals surface area contributed by atoms with Crippen LogP contribution < -0.4 is 5.48 Å². The lowest BCUT2D eigenvalue weighted by molar-refractivity contribution is -0.00747. The van der Waals surface area contributed by atoms with Crippen LogP contribution in [0.4, 0.5) is 0 Å². The average molecular weight is 161 g/mol. The average Bonchev–Trinajstić information content (AvgIpc) is 2.28. The zero-order valence-electron chi connectivity index (χ0n) is 6.84. The van der Waals surface area contributed by atoms with Crippen molar-refractivity contribution in [3.63, 3.8) is 0 Å². The Hall–Kier alpha value is -0.160. The lowest BCUT2D eigenvalue weighted by Crippen LogP contribution is -2.36. The molecule has 1 heterocycles. The Morgan fingerprint density at radius 3 is 2.55 bits per heavy atom. The summed E-state index contributed by atoms with van der Waals surface area (Å²) in [6.45, 7) is 5.30. The number of hydrogen-bond acceptors (Lipinski definition) is 4. The zero-order chi connectivity index (χ0) is 7.94. The maximum Gasteiger partial charge on any atom is 0.0789 e. The predicted molar refractivity (Wildman–Crippen MR) is 40.2 cm³/mol. The molecular weight excluding hydrogens is 146 g/mol. The molecule has 0 spiro atoms. The molecule has 0 bridgehead atoms. The van der Waals surface area contributed by atoms with Crippen molar-refractivity contribution in [1.82, 2.24) is 5.48 Å². The lowest BCUT2D eigenvalue weighted by Gasteiger charge is -2.13. The van der Waals surface area contributed by atoms with E-state index in [0.29, 0.717) is 33.0 Å². The number of nitrogens with one attached hydrogen (secondary N) is 1. The van der Waals surface area contributed by atoms with Gasteiger partial charge in [-0.3, -0.25) is 0 Å². The Labute approximate surface area is 66.8 Å². The summed E-state index contributed by atoms with van der Waals surface area (Å²) in [5.74, 6) is 0. The molecule has 1 fully saturated rings. The molecule has 0 aliphatic carbocycles. The van der Waals surface area contributed by atoms with Gasteiger partial charge in [-0.2, -0.15) is 5.48 Å². The monoisotopic (exact) mass is 161 g/mol. The maximum absolute atomic E-state index is 5.24. The smallest absolute Gasteiger partial charge is 0.0789 e. The molecule has 0 aromatic carbocycles. The summed E-state index contributed by atoms with van der Waals surface area (Å²) in [5, 5.41) is 0. The van der Waals surface area contributed by atoms with E-state index >= 15 is 0 Å². The molecule has 0 unspecified atom stereocenters. The van der Waals surface area contributed by atoms with E-state index in [2.05, 4.69) is 5.48 Å². The van der Waals surface area contributed by atoms with Crippen LogP contribution in [0.1, 0.15) is 6.92 Å². The van der Waals surface area contributed by atoms with Crippen molar-refractivity contribution in [2.24, 2.45) is 0 Å². The largest absolute Gasteiger partial charge is 0.377 e. The molecule has 1 saturated heterocycles. The van der Waals surface area contributed by atoms with Gasteiger partial charge in [0.1, 0.15) is 0 Å². The minimum atomic E-state index is 0.178. The van der Waals surface area contributed by atoms with Gasteiger partial charge in [0.05, 0.1) is 39.1 Å². The van der Waals surface area contributed by atoms with E-state index in [1.807, 2.05) is 6.92 Å². The van der Waals surface area contributed by atoms with Crippen LogP contribution in [0.5, 0.6) is 0 Å². The van der Waals surface area contributed by atoms with Crippen LogP contribution in [-0.4, -0.2) is 39.1 Å². The number of rotatable bonds is 3. The first-order valence-electron chi connectivity index (χ1n) is 3.96. The van der Waals surface area contributed by atoms with Crippen molar-refractivity contribution in [3.05, 3.63) is 0 Å². The Bertz CT molecular complexity index is 91.7. The van der Waals surface area contributed by atoms with Gasteiger partial charge in [0.25, 0.3) is 0 Å². The first-order valence-corrected chi connectivity index (χ1v) is 3.96. The normalized spacial score (nSPS) is 21.5. The molecule has 4 heteroatoms. The number of hydroxylamine groups is 1. The van der Waals surface area contributed by atoms with Crippen LogP contribution in [0.15, 0.2) is 0 Å². The maximum atomic E-state index is 5.24. The van der Waals surface area contributed by atoms with Crippen LogP contribution in [0.3, 0.4) is 0 Å². The summed E-state index contributed by atoms with van der Waals surface area (Å²) >= 11 is 0. The highest BCUT2D eigenvalue weighted by atomic mass is 16.7. The van der Waals surface area contributed by atoms with Gasteiger partial charge in [-0.15, -0.1) is 0 Å². The molecule has 1 aliphatic rings. The summed E-state index contributed by atoms with van der Waals surface area (Å²) in [7, 11) is 0. The minimum Gasteiger partial charge on any atom is -0.377 e. The van der Waals surface area contributed by atoms with Crippen LogP contribution >= 0.6 is 0 Å². The van der Waals surface area contributed by atoms with Gasteiger partial charge in [0.15, 0.2) is 0 Å². The molecule has 0 aromatic heterocycles. The van der Waals surface area contributed by atoms with Gasteiger partial charge >= 0.3 is 0 Å². The second-order valence-corrected chi connectivity index (χ2v) is 2.40. The van der Waals surface area contributed by atoms with Gasteiger partial charge in [-0.1, -0.05) is 0 Å². The van der Waals surface area contributed by atoms with Crippen molar-refractivity contribution >= 4 is 0 Å². The zero-order valence-corrected chi connectivity index (χ0v) is 6.84. The van der Waals surface area contributed by atoms with Crippen LogP contribution in [0.2, 0.25) is 0 Å². The number of hydrogen-bond donors (Lipinski definition) is 1. The Morgan fingerprint density at radius 2 is 2.00 bits per heavy atom. The Kier molecular flexibility index (Phi) is 4.45. The van der Waals surface area contributed by atoms with E-state index in [-0.39, 0.29) is 6.04 Å². The van der Waals surface area contributed by atoms with Crippen LogP contribution in [-0.2, 0) is 14.3 Å². The van der Waals surface area contributed by atoms with Crippen molar-refractivity contribution in [2.75, 3.05) is 33.0 Å². The summed E-state index contributed by atoms with van der Waals surface area (Å²) in [4.78, 5) is 5.02.